The summed E-state index contributed by atoms with van der Waals surface area (Å²) in [6.45, 7) is -0.0600. The van der Waals surface area contributed by atoms with Gasteiger partial charge in [-0.3, -0.25) is 4.79 Å². The van der Waals surface area contributed by atoms with Crippen LogP contribution < -0.4 is 15.0 Å². The molecule has 0 atom stereocenters. The minimum Gasteiger partial charge on any atom is -0.481 e. The number of fused-ring (bicyclic) bond motifs is 1. The van der Waals surface area contributed by atoms with Crippen molar-refractivity contribution in [2.24, 2.45) is 0 Å². The van der Waals surface area contributed by atoms with Crippen LogP contribution in [0.1, 0.15) is 0 Å². The normalized spacial score (nSPS) is 12.1. The minimum atomic E-state index is -0.333. The van der Waals surface area contributed by atoms with Crippen LogP contribution in [0, 0.1) is 34.0 Å². The number of hydrogen-bond donors (Lipinski definition) is 1. The van der Waals surface area contributed by atoms with Crippen molar-refractivity contribution in [2.75, 3.05) is 23.9 Å². The molecule has 1 aliphatic heterocycles. The molecule has 2 rings (SSSR count). The highest BCUT2D eigenvalue weighted by molar-refractivity contribution is 6.01. The first-order valence-corrected chi connectivity index (χ1v) is 5.86. The van der Waals surface area contributed by atoms with Crippen LogP contribution in [-0.4, -0.2) is 19.6 Å². The van der Waals surface area contributed by atoms with Crippen molar-refractivity contribution in [3.05, 3.63) is 29.5 Å². The third kappa shape index (κ3) is 2.47. The fourth-order valence-electron chi connectivity index (χ4n) is 1.86. The van der Waals surface area contributed by atoms with E-state index in [1.54, 1.807) is 43.5 Å². The molecule has 102 valence electrons. The van der Waals surface area contributed by atoms with E-state index < -0.39 is 0 Å². The van der Waals surface area contributed by atoms with E-state index >= 15 is 0 Å². The largest absolute Gasteiger partial charge is 0.481 e. The lowest BCUT2D eigenvalue weighted by atomic mass is 10.1. The highest BCUT2D eigenvalue weighted by atomic mass is 16.5. The number of rotatable bonds is 2. The summed E-state index contributed by atoms with van der Waals surface area (Å²) in [5, 5.41) is 29.4. The molecule has 0 unspecified atom stereocenters. The fraction of sp³-hybridized carbons (Fsp3) is 0.143. The minimum absolute atomic E-state index is 0.0600. The van der Waals surface area contributed by atoms with E-state index in [2.05, 4.69) is 5.32 Å². The van der Waals surface area contributed by atoms with Gasteiger partial charge in [-0.2, -0.15) is 15.8 Å². The smallest absolute Gasteiger partial charge is 0.264 e. The molecule has 0 saturated heterocycles. The molecule has 21 heavy (non-hydrogen) atoms. The molecule has 1 aromatic rings. The molecule has 1 amide bonds. The number of nitrogens with zero attached hydrogens (tertiary/aromatic N) is 4. The van der Waals surface area contributed by atoms with Gasteiger partial charge in [0.05, 0.1) is 5.69 Å². The molecule has 0 fully saturated rings. The lowest BCUT2D eigenvalue weighted by Gasteiger charge is -2.28. The van der Waals surface area contributed by atoms with Crippen molar-refractivity contribution in [1.82, 2.24) is 0 Å². The van der Waals surface area contributed by atoms with Gasteiger partial charge < -0.3 is 15.0 Å². The van der Waals surface area contributed by atoms with Crippen molar-refractivity contribution >= 4 is 17.3 Å². The highest BCUT2D eigenvalue weighted by Crippen LogP contribution is 2.38. The van der Waals surface area contributed by atoms with Crippen LogP contribution in [0.2, 0.25) is 0 Å². The van der Waals surface area contributed by atoms with Crippen LogP contribution in [0.15, 0.2) is 29.5 Å². The molecule has 1 N–H and O–H groups in total. The first-order chi connectivity index (χ1) is 10.1. The number of hydrogen-bond acceptors (Lipinski definition) is 6. The summed E-state index contributed by atoms with van der Waals surface area (Å²) < 4.78 is 5.31. The Labute approximate surface area is 120 Å². The number of ether oxygens (including phenoxy) is 1. The van der Waals surface area contributed by atoms with Crippen LogP contribution in [0.25, 0.3) is 0 Å². The van der Waals surface area contributed by atoms with E-state index in [-0.39, 0.29) is 23.8 Å². The van der Waals surface area contributed by atoms with Gasteiger partial charge in [-0.15, -0.1) is 0 Å². The summed E-state index contributed by atoms with van der Waals surface area (Å²) >= 11 is 0. The molecule has 0 saturated carbocycles. The first kappa shape index (κ1) is 13.9. The molecular weight excluding hydrogens is 270 g/mol. The Morgan fingerprint density at radius 3 is 2.62 bits per heavy atom. The predicted octanol–water partition coefficient (Wildman–Crippen LogP) is 1.28. The molecule has 0 radical (unpaired) electrons. The van der Waals surface area contributed by atoms with Crippen molar-refractivity contribution in [3.63, 3.8) is 0 Å². The van der Waals surface area contributed by atoms with Crippen molar-refractivity contribution < 1.29 is 9.53 Å². The van der Waals surface area contributed by atoms with E-state index in [9.17, 15) is 4.79 Å². The molecule has 1 aromatic carbocycles. The number of allylic oxidation sites excluding steroid dienone is 2. The number of para-hydroxylation sites is 1. The predicted molar refractivity (Wildman–Crippen MR) is 72.8 cm³/mol. The third-order valence-electron chi connectivity index (χ3n) is 2.90. The standard InChI is InChI=1S/C14H9N5O2/c1-19-13(20)8-21-12-4-2-3-10(14(12)19)18-11(7-17)9(5-15)6-16/h2-4,18H,8H2,1H3. The maximum Gasteiger partial charge on any atom is 0.264 e. The Morgan fingerprint density at radius 2 is 2.00 bits per heavy atom. The van der Waals surface area contributed by atoms with Crippen LogP contribution in [0.3, 0.4) is 0 Å². The third-order valence-corrected chi connectivity index (χ3v) is 2.90. The summed E-state index contributed by atoms with van der Waals surface area (Å²) in [7, 11) is 1.58. The molecule has 0 bridgehead atoms. The van der Waals surface area contributed by atoms with Gasteiger partial charge in [-0.1, -0.05) is 6.07 Å². The van der Waals surface area contributed by atoms with Gasteiger partial charge in [0.25, 0.3) is 5.91 Å². The average molecular weight is 279 g/mol. The molecule has 7 heteroatoms. The van der Waals surface area contributed by atoms with Crippen LogP contribution in [-0.2, 0) is 4.79 Å². The number of amides is 1. The zero-order valence-electron chi connectivity index (χ0n) is 11.0. The molecule has 1 heterocycles. The summed E-state index contributed by atoms with van der Waals surface area (Å²) in [6.07, 6.45) is 0. The number of benzene rings is 1. The Balaban J connectivity index is 2.51. The first-order valence-electron chi connectivity index (χ1n) is 5.86. The van der Waals surface area contributed by atoms with E-state index in [0.29, 0.717) is 17.1 Å². The van der Waals surface area contributed by atoms with Gasteiger partial charge in [-0.05, 0) is 12.1 Å². The van der Waals surface area contributed by atoms with Crippen molar-refractivity contribution in [1.29, 1.82) is 15.8 Å². The molecule has 1 aliphatic rings. The molecule has 7 nitrogen and oxygen atoms in total. The fourth-order valence-corrected chi connectivity index (χ4v) is 1.86. The number of carbonyl (C=O) groups is 1. The highest BCUT2D eigenvalue weighted by Gasteiger charge is 2.25. The monoisotopic (exact) mass is 279 g/mol. The van der Waals surface area contributed by atoms with Gasteiger partial charge in [0.2, 0.25) is 0 Å². The van der Waals surface area contributed by atoms with Crippen molar-refractivity contribution in [3.8, 4) is 24.0 Å². The lowest BCUT2D eigenvalue weighted by Crippen LogP contribution is -2.36. The Bertz CT molecular complexity index is 745. The molecule has 0 spiro atoms. The lowest BCUT2D eigenvalue weighted by molar-refractivity contribution is -0.120. The number of carbonyl (C=O) groups excluding carboxylic acids is 1. The number of anilines is 2. The number of nitrogens with one attached hydrogen (secondary N) is 1. The second-order valence-corrected chi connectivity index (χ2v) is 4.10. The van der Waals surface area contributed by atoms with Crippen LogP contribution in [0.4, 0.5) is 11.4 Å². The number of nitriles is 3. The SMILES string of the molecule is CN1C(=O)COc2cccc(NC(C#N)=C(C#N)C#N)c21. The second-order valence-electron chi connectivity index (χ2n) is 4.10. The topological polar surface area (TPSA) is 113 Å². The zero-order chi connectivity index (χ0) is 15.4. The van der Waals surface area contributed by atoms with Crippen molar-refractivity contribution in [2.45, 2.75) is 0 Å². The Hall–Kier alpha value is -3.50. The van der Waals surface area contributed by atoms with Gasteiger partial charge in [0, 0.05) is 7.05 Å². The van der Waals surface area contributed by atoms with E-state index in [0.717, 1.165) is 0 Å². The Morgan fingerprint density at radius 1 is 1.29 bits per heavy atom. The van der Waals surface area contributed by atoms with Gasteiger partial charge in [-0.25, -0.2) is 0 Å². The van der Waals surface area contributed by atoms with E-state index in [1.807, 2.05) is 0 Å². The van der Waals surface area contributed by atoms with E-state index in [4.69, 9.17) is 20.5 Å². The van der Waals surface area contributed by atoms with Crippen LogP contribution in [0.5, 0.6) is 5.75 Å². The molecule has 0 aromatic heterocycles. The second kappa shape index (κ2) is 5.64. The quantitative estimate of drug-likeness (QED) is 0.816. The molecule has 0 aliphatic carbocycles. The summed E-state index contributed by atoms with van der Waals surface area (Å²) in [5.74, 6) is 0.245. The zero-order valence-corrected chi connectivity index (χ0v) is 11.0. The van der Waals surface area contributed by atoms with E-state index in [1.165, 1.54) is 4.90 Å². The van der Waals surface area contributed by atoms with Gasteiger partial charge >= 0.3 is 0 Å². The maximum absolute atomic E-state index is 11.7. The number of likely N-dealkylation sites (N-methyl/N-ethyl adjacent to an activating group) is 1. The van der Waals surface area contributed by atoms with Crippen LogP contribution >= 0.6 is 0 Å². The molecular formula is C14H9N5O2. The van der Waals surface area contributed by atoms with Gasteiger partial charge in [0.15, 0.2) is 12.2 Å². The summed E-state index contributed by atoms with van der Waals surface area (Å²) in [4.78, 5) is 13.1. The Kier molecular flexibility index (Phi) is 3.74. The summed E-state index contributed by atoms with van der Waals surface area (Å²) in [5.41, 5.74) is 0.347. The van der Waals surface area contributed by atoms with Gasteiger partial charge in [0.1, 0.15) is 35.3 Å². The average Bonchev–Trinajstić information content (AvgIpc) is 2.51. The summed E-state index contributed by atoms with van der Waals surface area (Å²) in [6, 6.07) is 10.0. The maximum atomic E-state index is 11.7.